The van der Waals surface area contributed by atoms with Crippen molar-refractivity contribution in [1.82, 2.24) is 0 Å². The van der Waals surface area contributed by atoms with E-state index in [0.29, 0.717) is 10.6 Å². The molecule has 2 rings (SSSR count). The molecule has 0 saturated carbocycles. The fraction of sp³-hybridized carbons (Fsp3) is 0.200. The summed E-state index contributed by atoms with van der Waals surface area (Å²) in [5.74, 6) is 0. The molecule has 0 radical (unpaired) electrons. The van der Waals surface area contributed by atoms with E-state index >= 15 is 0 Å². The maximum atomic E-state index is 13.0. The van der Waals surface area contributed by atoms with Gasteiger partial charge in [-0.1, -0.05) is 17.8 Å². The average molecular weight is 279 g/mol. The second-order valence-electron chi connectivity index (χ2n) is 4.45. The largest absolute Gasteiger partial charge is 0.399 e. The van der Waals surface area contributed by atoms with Crippen LogP contribution >= 0.6 is 11.8 Å². The summed E-state index contributed by atoms with van der Waals surface area (Å²) >= 11 is 1.34. The fourth-order valence-electron chi connectivity index (χ4n) is 1.73. The lowest BCUT2D eigenvalue weighted by molar-refractivity contribution is 0.148. The van der Waals surface area contributed by atoms with Crippen LogP contribution in [0.25, 0.3) is 0 Å². The van der Waals surface area contributed by atoms with Gasteiger partial charge in [0, 0.05) is 21.0 Å². The molecule has 0 saturated heterocycles. The molecule has 2 N–H and O–H groups in total. The zero-order chi connectivity index (χ0) is 14.0. The highest BCUT2D eigenvalue weighted by Gasteiger charge is 2.14. The Morgan fingerprint density at radius 1 is 1.00 bits per heavy atom. The van der Waals surface area contributed by atoms with Gasteiger partial charge in [0.15, 0.2) is 0 Å². The highest BCUT2D eigenvalue weighted by Crippen LogP contribution is 2.36. The summed E-state index contributed by atoms with van der Waals surface area (Å²) in [6.45, 7) is 4.04. The van der Waals surface area contributed by atoms with Gasteiger partial charge in [-0.2, -0.15) is 0 Å². The van der Waals surface area contributed by atoms with Gasteiger partial charge in [-0.25, -0.2) is 8.78 Å². The average Bonchev–Trinajstić information content (AvgIpc) is 2.36. The van der Waals surface area contributed by atoms with Crippen LogP contribution in [0.2, 0.25) is 0 Å². The lowest BCUT2D eigenvalue weighted by Crippen LogP contribution is -1.92. The van der Waals surface area contributed by atoms with Gasteiger partial charge < -0.3 is 5.73 Å². The van der Waals surface area contributed by atoms with Crippen molar-refractivity contribution in [2.75, 3.05) is 5.73 Å². The third-order valence-corrected chi connectivity index (χ3v) is 4.06. The Morgan fingerprint density at radius 2 is 1.74 bits per heavy atom. The molecule has 0 aliphatic carbocycles. The van der Waals surface area contributed by atoms with Gasteiger partial charge in [0.25, 0.3) is 6.43 Å². The molecule has 100 valence electrons. The van der Waals surface area contributed by atoms with E-state index in [9.17, 15) is 8.78 Å². The van der Waals surface area contributed by atoms with Gasteiger partial charge in [-0.3, -0.25) is 0 Å². The first-order valence-corrected chi connectivity index (χ1v) is 6.71. The first-order chi connectivity index (χ1) is 8.97. The number of nitrogens with two attached hydrogens (primary N) is 1. The first-order valence-electron chi connectivity index (χ1n) is 5.90. The maximum Gasteiger partial charge on any atom is 0.265 e. The van der Waals surface area contributed by atoms with Crippen LogP contribution in [0.3, 0.4) is 0 Å². The van der Waals surface area contributed by atoms with Crippen LogP contribution in [0.15, 0.2) is 46.2 Å². The molecule has 0 fully saturated rings. The number of benzene rings is 2. The van der Waals surface area contributed by atoms with E-state index in [4.69, 9.17) is 5.73 Å². The predicted molar refractivity (Wildman–Crippen MR) is 75.9 cm³/mol. The van der Waals surface area contributed by atoms with Crippen LogP contribution in [0.4, 0.5) is 14.5 Å². The Hall–Kier alpha value is -1.55. The van der Waals surface area contributed by atoms with E-state index < -0.39 is 6.43 Å². The molecule has 0 spiro atoms. The number of alkyl halides is 2. The topological polar surface area (TPSA) is 26.0 Å². The summed E-state index contributed by atoms with van der Waals surface area (Å²) in [7, 11) is 0. The molecule has 0 aromatic heterocycles. The third kappa shape index (κ3) is 3.26. The summed E-state index contributed by atoms with van der Waals surface area (Å²) in [5, 5.41) is 0. The molecule has 19 heavy (non-hydrogen) atoms. The second kappa shape index (κ2) is 5.61. The normalized spacial score (nSPS) is 11.0. The monoisotopic (exact) mass is 279 g/mol. The Morgan fingerprint density at radius 3 is 2.37 bits per heavy atom. The molecule has 2 aromatic rings. The molecular formula is C15H15F2NS. The van der Waals surface area contributed by atoms with Crippen molar-refractivity contribution in [3.05, 3.63) is 53.1 Å². The van der Waals surface area contributed by atoms with Gasteiger partial charge in [-0.05, 0) is 55.3 Å². The van der Waals surface area contributed by atoms with Crippen molar-refractivity contribution < 1.29 is 8.78 Å². The van der Waals surface area contributed by atoms with Crippen LogP contribution in [0.1, 0.15) is 23.1 Å². The zero-order valence-electron chi connectivity index (χ0n) is 10.8. The van der Waals surface area contributed by atoms with Crippen molar-refractivity contribution in [2.45, 2.75) is 30.1 Å². The molecule has 2 aromatic carbocycles. The zero-order valence-corrected chi connectivity index (χ0v) is 11.6. The van der Waals surface area contributed by atoms with Crippen LogP contribution in [0.5, 0.6) is 0 Å². The molecule has 0 aliphatic rings. The summed E-state index contributed by atoms with van der Waals surface area (Å²) in [6, 6.07) is 10.6. The summed E-state index contributed by atoms with van der Waals surface area (Å²) in [5.41, 5.74) is 8.25. The summed E-state index contributed by atoms with van der Waals surface area (Å²) in [4.78, 5) is 1.50. The van der Waals surface area contributed by atoms with Gasteiger partial charge in [0.05, 0.1) is 0 Å². The van der Waals surface area contributed by atoms with Gasteiger partial charge in [0.1, 0.15) is 0 Å². The molecule has 0 amide bonds. The summed E-state index contributed by atoms with van der Waals surface area (Å²) in [6.07, 6.45) is -2.52. The van der Waals surface area contributed by atoms with Crippen molar-refractivity contribution >= 4 is 17.4 Å². The van der Waals surface area contributed by atoms with Crippen molar-refractivity contribution in [3.8, 4) is 0 Å². The molecule has 1 nitrogen and oxygen atoms in total. The van der Waals surface area contributed by atoms with Crippen molar-refractivity contribution in [3.63, 3.8) is 0 Å². The minimum atomic E-state index is -2.52. The quantitative estimate of drug-likeness (QED) is 0.802. The van der Waals surface area contributed by atoms with Crippen molar-refractivity contribution in [2.24, 2.45) is 0 Å². The number of nitrogen functional groups attached to an aromatic ring is 1. The molecule has 0 aliphatic heterocycles. The smallest absolute Gasteiger partial charge is 0.265 e. The Kier molecular flexibility index (Phi) is 4.10. The van der Waals surface area contributed by atoms with E-state index in [-0.39, 0.29) is 5.56 Å². The van der Waals surface area contributed by atoms with E-state index in [0.717, 1.165) is 10.5 Å². The van der Waals surface area contributed by atoms with Crippen molar-refractivity contribution in [1.29, 1.82) is 0 Å². The van der Waals surface area contributed by atoms with Crippen LogP contribution in [-0.2, 0) is 0 Å². The fourth-order valence-corrected chi connectivity index (χ4v) is 2.76. The Bertz CT molecular complexity index is 597. The summed E-state index contributed by atoms with van der Waals surface area (Å²) < 4.78 is 26.0. The molecule has 0 heterocycles. The minimum absolute atomic E-state index is 0.0109. The SMILES string of the molecule is Cc1ccc(Sc2ccc(N)cc2C(F)F)cc1C. The lowest BCUT2D eigenvalue weighted by atomic mass is 10.1. The predicted octanol–water partition coefficient (Wildman–Crippen LogP) is 4.97. The molecule has 4 heteroatoms. The number of rotatable bonds is 3. The van der Waals surface area contributed by atoms with Gasteiger partial charge >= 0.3 is 0 Å². The number of hydrogen-bond acceptors (Lipinski definition) is 2. The van der Waals surface area contributed by atoms with E-state index in [2.05, 4.69) is 0 Å². The first kappa shape index (κ1) is 13.9. The third-order valence-electron chi connectivity index (χ3n) is 2.98. The molecule has 0 atom stereocenters. The molecule has 0 bridgehead atoms. The van der Waals surface area contributed by atoms with Crippen LogP contribution in [0, 0.1) is 13.8 Å². The van der Waals surface area contributed by atoms with E-state index in [1.165, 1.54) is 23.4 Å². The number of halogens is 2. The van der Waals surface area contributed by atoms with Gasteiger partial charge in [0.2, 0.25) is 0 Å². The van der Waals surface area contributed by atoms with E-state index in [1.54, 1.807) is 12.1 Å². The minimum Gasteiger partial charge on any atom is -0.399 e. The highest BCUT2D eigenvalue weighted by molar-refractivity contribution is 7.99. The highest BCUT2D eigenvalue weighted by atomic mass is 32.2. The molecular weight excluding hydrogens is 264 g/mol. The number of hydrogen-bond donors (Lipinski definition) is 1. The number of anilines is 1. The second-order valence-corrected chi connectivity index (χ2v) is 5.56. The number of aryl methyl sites for hydroxylation is 2. The van der Waals surface area contributed by atoms with E-state index in [1.807, 2.05) is 32.0 Å². The standard InChI is InChI=1S/C15H15F2NS/c1-9-3-5-12(7-10(9)2)19-14-6-4-11(18)8-13(14)15(16)17/h3-8,15H,18H2,1-2H3. The Labute approximate surface area is 115 Å². The lowest BCUT2D eigenvalue weighted by Gasteiger charge is -2.10. The maximum absolute atomic E-state index is 13.0. The van der Waals surface area contributed by atoms with Gasteiger partial charge in [-0.15, -0.1) is 0 Å². The van der Waals surface area contributed by atoms with Crippen LogP contribution < -0.4 is 5.73 Å². The Balaban J connectivity index is 2.35. The van der Waals surface area contributed by atoms with Crippen LogP contribution in [-0.4, -0.2) is 0 Å². The molecule has 0 unspecified atom stereocenters.